The number of hydrogen-bond donors (Lipinski definition) is 2. The van der Waals surface area contributed by atoms with Gasteiger partial charge in [0.1, 0.15) is 17.3 Å². The van der Waals surface area contributed by atoms with E-state index in [0.29, 0.717) is 17.4 Å². The van der Waals surface area contributed by atoms with Gasteiger partial charge in [-0.05, 0) is 17.7 Å². The van der Waals surface area contributed by atoms with Crippen molar-refractivity contribution in [3.63, 3.8) is 0 Å². The van der Waals surface area contributed by atoms with E-state index in [9.17, 15) is 14.3 Å². The number of nitrogens with zero attached hydrogens (tertiary/aromatic N) is 1. The van der Waals surface area contributed by atoms with Gasteiger partial charge in [0.15, 0.2) is 0 Å². The molecule has 0 atom stereocenters. The zero-order valence-corrected chi connectivity index (χ0v) is 11.1. The number of halogens is 1. The minimum atomic E-state index is -0.623. The summed E-state index contributed by atoms with van der Waals surface area (Å²) in [7, 11) is 0. The maximum atomic E-state index is 13.5. The molecule has 4 nitrogen and oxygen atoms in total. The number of benzene rings is 2. The Morgan fingerprint density at radius 1 is 1.19 bits per heavy atom. The molecule has 1 aromatic heterocycles. The van der Waals surface area contributed by atoms with Crippen molar-refractivity contribution in [1.82, 2.24) is 4.57 Å². The highest BCUT2D eigenvalue weighted by Gasteiger charge is 2.16. The Balaban J connectivity index is 2.23. The third-order valence-electron chi connectivity index (χ3n) is 3.40. The molecule has 1 amide bonds. The number of carbonyl (C=O) groups is 1. The summed E-state index contributed by atoms with van der Waals surface area (Å²) in [4.78, 5) is 11.6. The SMILES string of the molecule is NC(=O)c1cc2c(O)cc(F)cc2n1Cc1ccccc1. The van der Waals surface area contributed by atoms with Crippen LogP contribution in [0.1, 0.15) is 16.1 Å². The molecule has 3 N–H and O–H groups in total. The van der Waals surface area contributed by atoms with Crippen LogP contribution in [0.5, 0.6) is 5.75 Å². The van der Waals surface area contributed by atoms with E-state index in [1.165, 1.54) is 12.1 Å². The van der Waals surface area contributed by atoms with Gasteiger partial charge in [-0.15, -0.1) is 0 Å². The molecular weight excluding hydrogens is 271 g/mol. The van der Waals surface area contributed by atoms with Crippen molar-refractivity contribution in [2.24, 2.45) is 5.73 Å². The summed E-state index contributed by atoms with van der Waals surface area (Å²) in [6, 6.07) is 13.2. The Labute approximate surface area is 120 Å². The van der Waals surface area contributed by atoms with Crippen molar-refractivity contribution >= 4 is 16.8 Å². The van der Waals surface area contributed by atoms with Crippen molar-refractivity contribution in [2.75, 3.05) is 0 Å². The first-order chi connectivity index (χ1) is 10.1. The Morgan fingerprint density at radius 2 is 1.90 bits per heavy atom. The standard InChI is InChI=1S/C16H13FN2O2/c17-11-6-13-12(15(20)7-11)8-14(16(18)21)19(13)9-10-4-2-1-3-5-10/h1-8,20H,9H2,(H2,18,21). The molecular formula is C16H13FN2O2. The predicted molar refractivity (Wildman–Crippen MR) is 77.6 cm³/mol. The van der Waals surface area contributed by atoms with E-state index in [0.717, 1.165) is 11.6 Å². The van der Waals surface area contributed by atoms with E-state index in [1.54, 1.807) is 4.57 Å². The number of fused-ring (bicyclic) bond motifs is 1. The molecule has 106 valence electrons. The summed E-state index contributed by atoms with van der Waals surface area (Å²) in [6.45, 7) is 0.367. The van der Waals surface area contributed by atoms with Crippen LogP contribution < -0.4 is 5.73 Å². The lowest BCUT2D eigenvalue weighted by Gasteiger charge is -2.09. The van der Waals surface area contributed by atoms with Crippen LogP contribution >= 0.6 is 0 Å². The second-order valence-corrected chi connectivity index (χ2v) is 4.82. The molecule has 0 radical (unpaired) electrons. The fraction of sp³-hybridized carbons (Fsp3) is 0.0625. The first-order valence-corrected chi connectivity index (χ1v) is 6.42. The van der Waals surface area contributed by atoms with Gasteiger partial charge < -0.3 is 15.4 Å². The highest BCUT2D eigenvalue weighted by Crippen LogP contribution is 2.30. The summed E-state index contributed by atoms with van der Waals surface area (Å²) < 4.78 is 15.1. The van der Waals surface area contributed by atoms with Crippen molar-refractivity contribution in [2.45, 2.75) is 6.54 Å². The molecule has 21 heavy (non-hydrogen) atoms. The number of aromatic hydroxyl groups is 1. The molecule has 0 saturated heterocycles. The molecule has 2 aromatic carbocycles. The van der Waals surface area contributed by atoms with E-state index < -0.39 is 11.7 Å². The zero-order valence-electron chi connectivity index (χ0n) is 11.1. The molecule has 3 rings (SSSR count). The number of aromatic nitrogens is 1. The molecule has 0 aliphatic carbocycles. The predicted octanol–water partition coefficient (Wildman–Crippen LogP) is 2.63. The van der Waals surface area contributed by atoms with Gasteiger partial charge in [-0.2, -0.15) is 0 Å². The van der Waals surface area contributed by atoms with Gasteiger partial charge >= 0.3 is 0 Å². The van der Waals surface area contributed by atoms with Gasteiger partial charge in [-0.1, -0.05) is 30.3 Å². The van der Waals surface area contributed by atoms with E-state index in [-0.39, 0.29) is 11.4 Å². The average molecular weight is 284 g/mol. The second-order valence-electron chi connectivity index (χ2n) is 4.82. The maximum absolute atomic E-state index is 13.5. The van der Waals surface area contributed by atoms with Crippen LogP contribution in [0.3, 0.4) is 0 Å². The van der Waals surface area contributed by atoms with Crippen molar-refractivity contribution in [3.8, 4) is 5.75 Å². The molecule has 0 aliphatic rings. The van der Waals surface area contributed by atoms with Crippen LogP contribution in [0.15, 0.2) is 48.5 Å². The minimum Gasteiger partial charge on any atom is -0.507 e. The van der Waals surface area contributed by atoms with Gasteiger partial charge in [0.2, 0.25) is 0 Å². The summed E-state index contributed by atoms with van der Waals surface area (Å²) >= 11 is 0. The first kappa shape index (κ1) is 13.2. The summed E-state index contributed by atoms with van der Waals surface area (Å²) in [5.74, 6) is -1.40. The van der Waals surface area contributed by atoms with E-state index in [2.05, 4.69) is 0 Å². The largest absolute Gasteiger partial charge is 0.507 e. The Kier molecular flexibility index (Phi) is 3.10. The monoisotopic (exact) mass is 284 g/mol. The second kappa shape index (κ2) is 4.94. The number of primary amides is 1. The summed E-state index contributed by atoms with van der Waals surface area (Å²) in [6.07, 6.45) is 0. The summed E-state index contributed by atoms with van der Waals surface area (Å²) in [5.41, 5.74) is 7.00. The van der Waals surface area contributed by atoms with Crippen LogP contribution in [-0.4, -0.2) is 15.6 Å². The molecule has 1 heterocycles. The van der Waals surface area contributed by atoms with Gasteiger partial charge in [-0.25, -0.2) is 4.39 Å². The number of carbonyl (C=O) groups excluding carboxylic acids is 1. The van der Waals surface area contributed by atoms with Crippen LogP contribution in [0, 0.1) is 5.82 Å². The van der Waals surface area contributed by atoms with E-state index in [4.69, 9.17) is 5.73 Å². The van der Waals surface area contributed by atoms with Gasteiger partial charge in [0.25, 0.3) is 5.91 Å². The Hall–Kier alpha value is -2.82. The molecule has 0 unspecified atom stereocenters. The lowest BCUT2D eigenvalue weighted by atomic mass is 10.2. The smallest absolute Gasteiger partial charge is 0.265 e. The summed E-state index contributed by atoms with van der Waals surface area (Å²) in [5, 5.41) is 10.2. The molecule has 0 bridgehead atoms. The van der Waals surface area contributed by atoms with E-state index in [1.807, 2.05) is 30.3 Å². The lowest BCUT2D eigenvalue weighted by Crippen LogP contribution is -2.17. The average Bonchev–Trinajstić information content (AvgIpc) is 2.79. The van der Waals surface area contributed by atoms with Crippen molar-refractivity contribution in [1.29, 1.82) is 0 Å². The molecule has 0 spiro atoms. The van der Waals surface area contributed by atoms with Gasteiger partial charge in [0.05, 0.1) is 5.52 Å². The Morgan fingerprint density at radius 3 is 2.57 bits per heavy atom. The normalized spacial score (nSPS) is 10.9. The third-order valence-corrected chi connectivity index (χ3v) is 3.40. The molecule has 3 aromatic rings. The molecule has 0 fully saturated rings. The van der Waals surface area contributed by atoms with Crippen LogP contribution in [0.4, 0.5) is 4.39 Å². The number of phenols is 1. The quantitative estimate of drug-likeness (QED) is 0.776. The number of amides is 1. The minimum absolute atomic E-state index is 0.209. The van der Waals surface area contributed by atoms with Crippen LogP contribution in [0.2, 0.25) is 0 Å². The maximum Gasteiger partial charge on any atom is 0.265 e. The number of nitrogens with two attached hydrogens (primary N) is 1. The van der Waals surface area contributed by atoms with Crippen molar-refractivity contribution in [3.05, 3.63) is 65.6 Å². The highest BCUT2D eigenvalue weighted by atomic mass is 19.1. The Bertz CT molecular complexity index is 825. The van der Waals surface area contributed by atoms with Crippen LogP contribution in [-0.2, 0) is 6.54 Å². The van der Waals surface area contributed by atoms with Crippen LogP contribution in [0.25, 0.3) is 10.9 Å². The number of hydrogen-bond acceptors (Lipinski definition) is 2. The zero-order chi connectivity index (χ0) is 15.0. The third kappa shape index (κ3) is 2.33. The van der Waals surface area contributed by atoms with Crippen molar-refractivity contribution < 1.29 is 14.3 Å². The first-order valence-electron chi connectivity index (χ1n) is 6.42. The topological polar surface area (TPSA) is 68.2 Å². The molecule has 0 saturated carbocycles. The molecule has 5 heteroatoms. The van der Waals surface area contributed by atoms with Gasteiger partial charge in [-0.3, -0.25) is 4.79 Å². The van der Waals surface area contributed by atoms with E-state index >= 15 is 0 Å². The molecule has 0 aliphatic heterocycles. The van der Waals surface area contributed by atoms with Gasteiger partial charge in [0, 0.05) is 18.0 Å². The number of phenolic OH excluding ortho intramolecular Hbond substituents is 1. The highest BCUT2D eigenvalue weighted by molar-refractivity contribution is 5.99. The fourth-order valence-electron chi connectivity index (χ4n) is 2.45. The lowest BCUT2D eigenvalue weighted by molar-refractivity contribution is 0.0992. The fourth-order valence-corrected chi connectivity index (χ4v) is 2.45. The number of rotatable bonds is 3.